The number of nitrogens with zero attached hydrogens (tertiary/aromatic N) is 1. The van der Waals surface area contributed by atoms with Crippen LogP contribution in [0.4, 0.5) is 0 Å². The van der Waals surface area contributed by atoms with Crippen LogP contribution in [-0.2, 0) is 11.3 Å². The summed E-state index contributed by atoms with van der Waals surface area (Å²) in [6.45, 7) is 2.74. The van der Waals surface area contributed by atoms with Crippen LogP contribution < -0.4 is 0 Å². The number of rotatable bonds is 2. The van der Waals surface area contributed by atoms with E-state index in [1.54, 1.807) is 0 Å². The summed E-state index contributed by atoms with van der Waals surface area (Å²) in [5, 5.41) is 0. The van der Waals surface area contributed by atoms with Crippen molar-refractivity contribution in [1.29, 1.82) is 0 Å². The van der Waals surface area contributed by atoms with Crippen molar-refractivity contribution in [3.63, 3.8) is 0 Å². The van der Waals surface area contributed by atoms with Crippen molar-refractivity contribution in [3.8, 4) is 0 Å². The minimum absolute atomic E-state index is 0.670. The Morgan fingerprint density at radius 2 is 2.17 bits per heavy atom. The molecule has 1 aromatic heterocycles. The van der Waals surface area contributed by atoms with E-state index in [-0.39, 0.29) is 0 Å². The van der Waals surface area contributed by atoms with Gasteiger partial charge in [-0.1, -0.05) is 15.9 Å². The zero-order valence-electron chi connectivity index (χ0n) is 9.99. The first kappa shape index (κ1) is 12.4. The van der Waals surface area contributed by atoms with Crippen molar-refractivity contribution in [2.24, 2.45) is 5.92 Å². The molecular weight excluding hydrogens is 312 g/mol. The largest absolute Gasteiger partial charge is 0.381 e. The minimum Gasteiger partial charge on any atom is -0.381 e. The van der Waals surface area contributed by atoms with Crippen LogP contribution in [0.5, 0.6) is 0 Å². The Kier molecular flexibility index (Phi) is 3.54. The molecule has 0 saturated carbocycles. The average molecular weight is 327 g/mol. The highest BCUT2D eigenvalue weighted by atomic mass is 79.9. The fourth-order valence-corrected chi connectivity index (χ4v) is 3.13. The molecular formula is C13H15BrN2OS. The topological polar surface area (TPSA) is 29.9 Å². The normalized spacial score (nSPS) is 17.4. The molecule has 1 aliphatic rings. The Morgan fingerprint density at radius 1 is 1.39 bits per heavy atom. The Balaban J connectivity index is 1.97. The summed E-state index contributed by atoms with van der Waals surface area (Å²) < 4.78 is 9.52. The molecule has 1 saturated heterocycles. The van der Waals surface area contributed by atoms with Gasteiger partial charge < -0.3 is 14.3 Å². The van der Waals surface area contributed by atoms with Gasteiger partial charge in [0.15, 0.2) is 4.77 Å². The van der Waals surface area contributed by atoms with Gasteiger partial charge >= 0.3 is 0 Å². The Bertz CT molecular complexity index is 613. The highest BCUT2D eigenvalue weighted by Crippen LogP contribution is 2.23. The predicted octanol–water partition coefficient (Wildman–Crippen LogP) is 3.89. The van der Waals surface area contributed by atoms with Crippen molar-refractivity contribution < 1.29 is 4.74 Å². The number of hydrogen-bond donors (Lipinski definition) is 1. The number of benzene rings is 1. The van der Waals surface area contributed by atoms with Crippen LogP contribution in [-0.4, -0.2) is 22.8 Å². The zero-order chi connectivity index (χ0) is 12.5. The fourth-order valence-electron chi connectivity index (χ4n) is 2.49. The van der Waals surface area contributed by atoms with Gasteiger partial charge in [-0.05, 0) is 49.2 Å². The van der Waals surface area contributed by atoms with Crippen molar-refractivity contribution in [2.45, 2.75) is 19.4 Å². The first-order valence-corrected chi connectivity index (χ1v) is 7.40. The lowest BCUT2D eigenvalue weighted by Gasteiger charge is -2.22. The van der Waals surface area contributed by atoms with Gasteiger partial charge in [0.25, 0.3) is 0 Å². The lowest BCUT2D eigenvalue weighted by Crippen LogP contribution is -2.20. The van der Waals surface area contributed by atoms with Gasteiger partial charge in [0.05, 0.1) is 11.0 Å². The molecule has 1 aromatic carbocycles. The summed E-state index contributed by atoms with van der Waals surface area (Å²) in [5.41, 5.74) is 2.29. The lowest BCUT2D eigenvalue weighted by atomic mass is 10.0. The number of hydrogen-bond acceptors (Lipinski definition) is 2. The second kappa shape index (κ2) is 5.15. The first-order valence-electron chi connectivity index (χ1n) is 6.20. The summed E-state index contributed by atoms with van der Waals surface area (Å²) in [7, 11) is 0. The van der Waals surface area contributed by atoms with E-state index >= 15 is 0 Å². The average Bonchev–Trinajstić information content (AvgIpc) is 2.67. The summed E-state index contributed by atoms with van der Waals surface area (Å²) >= 11 is 8.95. The number of imidazole rings is 1. The number of nitrogens with one attached hydrogen (secondary N) is 1. The molecule has 18 heavy (non-hydrogen) atoms. The van der Waals surface area contributed by atoms with E-state index in [0.29, 0.717) is 5.92 Å². The van der Waals surface area contributed by atoms with Crippen LogP contribution >= 0.6 is 28.1 Å². The van der Waals surface area contributed by atoms with E-state index in [1.807, 2.05) is 6.07 Å². The van der Waals surface area contributed by atoms with Crippen LogP contribution in [0, 0.1) is 10.7 Å². The lowest BCUT2D eigenvalue weighted by molar-refractivity contribution is 0.0615. The van der Waals surface area contributed by atoms with Gasteiger partial charge in [-0.25, -0.2) is 0 Å². The summed E-state index contributed by atoms with van der Waals surface area (Å²) in [6, 6.07) is 6.23. The van der Waals surface area contributed by atoms with Gasteiger partial charge in [-0.2, -0.15) is 0 Å². The van der Waals surface area contributed by atoms with Gasteiger partial charge in [-0.15, -0.1) is 0 Å². The fraction of sp³-hybridized carbons (Fsp3) is 0.462. The van der Waals surface area contributed by atoms with Crippen LogP contribution in [0.25, 0.3) is 11.0 Å². The maximum atomic E-state index is 5.43. The molecule has 0 radical (unpaired) electrons. The molecule has 96 valence electrons. The van der Waals surface area contributed by atoms with Gasteiger partial charge in [0.1, 0.15) is 0 Å². The monoisotopic (exact) mass is 326 g/mol. The highest BCUT2D eigenvalue weighted by molar-refractivity contribution is 9.10. The van der Waals surface area contributed by atoms with Crippen LogP contribution in [0.3, 0.4) is 0 Å². The van der Waals surface area contributed by atoms with E-state index in [0.717, 1.165) is 47.4 Å². The third kappa shape index (κ3) is 2.39. The summed E-state index contributed by atoms with van der Waals surface area (Å²) in [6.07, 6.45) is 2.25. The molecule has 0 unspecified atom stereocenters. The number of aromatic amines is 1. The first-order chi connectivity index (χ1) is 8.74. The third-order valence-corrected chi connectivity index (χ3v) is 4.33. The van der Waals surface area contributed by atoms with Crippen molar-refractivity contribution in [3.05, 3.63) is 27.4 Å². The molecule has 5 heteroatoms. The summed E-state index contributed by atoms with van der Waals surface area (Å²) in [4.78, 5) is 3.27. The molecule has 0 spiro atoms. The van der Waals surface area contributed by atoms with E-state index in [1.165, 1.54) is 5.52 Å². The molecule has 2 aromatic rings. The van der Waals surface area contributed by atoms with Crippen molar-refractivity contribution >= 4 is 39.2 Å². The van der Waals surface area contributed by atoms with E-state index in [4.69, 9.17) is 17.0 Å². The second-order valence-corrected chi connectivity index (χ2v) is 6.06. The molecule has 0 aliphatic carbocycles. The van der Waals surface area contributed by atoms with Crippen LogP contribution in [0.1, 0.15) is 12.8 Å². The Morgan fingerprint density at radius 3 is 2.94 bits per heavy atom. The smallest absolute Gasteiger partial charge is 0.178 e. The molecule has 1 fully saturated rings. The number of aromatic nitrogens is 2. The molecule has 0 bridgehead atoms. The van der Waals surface area contributed by atoms with E-state index in [9.17, 15) is 0 Å². The number of halogens is 1. The van der Waals surface area contributed by atoms with Gasteiger partial charge in [0, 0.05) is 24.2 Å². The SMILES string of the molecule is S=c1[nH]c2ccc(Br)cc2n1CC1CCOCC1. The molecule has 0 amide bonds. The maximum Gasteiger partial charge on any atom is 0.178 e. The van der Waals surface area contributed by atoms with Gasteiger partial charge in [-0.3, -0.25) is 0 Å². The second-order valence-electron chi connectivity index (χ2n) is 4.76. The zero-order valence-corrected chi connectivity index (χ0v) is 12.4. The number of fused-ring (bicyclic) bond motifs is 1. The minimum atomic E-state index is 0.670. The molecule has 1 aliphatic heterocycles. The molecule has 3 rings (SSSR count). The predicted molar refractivity (Wildman–Crippen MR) is 78.4 cm³/mol. The molecule has 2 heterocycles. The molecule has 3 nitrogen and oxygen atoms in total. The van der Waals surface area contributed by atoms with E-state index < -0.39 is 0 Å². The Hall–Kier alpha value is -0.650. The van der Waals surface area contributed by atoms with E-state index in [2.05, 4.69) is 37.6 Å². The third-order valence-electron chi connectivity index (χ3n) is 3.52. The molecule has 1 N–H and O–H groups in total. The van der Waals surface area contributed by atoms with Crippen LogP contribution in [0.15, 0.2) is 22.7 Å². The highest BCUT2D eigenvalue weighted by Gasteiger charge is 2.16. The quantitative estimate of drug-likeness (QED) is 0.848. The number of ether oxygens (including phenoxy) is 1. The van der Waals surface area contributed by atoms with Crippen molar-refractivity contribution in [1.82, 2.24) is 9.55 Å². The molecule has 0 atom stereocenters. The summed E-state index contributed by atoms with van der Waals surface area (Å²) in [5.74, 6) is 0.670. The standard InChI is InChI=1S/C13H15BrN2OS/c14-10-1-2-11-12(7-10)16(13(18)15-11)8-9-3-5-17-6-4-9/h1-2,7,9H,3-6,8H2,(H,15,18). The Labute approximate surface area is 119 Å². The van der Waals surface area contributed by atoms with Crippen LogP contribution in [0.2, 0.25) is 0 Å². The maximum absolute atomic E-state index is 5.43. The van der Waals surface area contributed by atoms with Crippen molar-refractivity contribution in [2.75, 3.05) is 13.2 Å². The number of H-pyrrole nitrogens is 1. The van der Waals surface area contributed by atoms with Gasteiger partial charge in [0.2, 0.25) is 0 Å².